The number of carbonyl (C=O) groups excluding carboxylic acids is 2. The van der Waals surface area contributed by atoms with Gasteiger partial charge in [-0.1, -0.05) is 0 Å². The molecule has 1 aromatic rings. The Morgan fingerprint density at radius 2 is 1.77 bits per heavy atom. The molecular formula is C20H25N3O3. The first-order chi connectivity index (χ1) is 12.7. The van der Waals surface area contributed by atoms with Crippen molar-refractivity contribution >= 4 is 23.2 Å². The molecule has 138 valence electrons. The van der Waals surface area contributed by atoms with E-state index >= 15 is 0 Å². The number of hydrogen-bond donors (Lipinski definition) is 1. The van der Waals surface area contributed by atoms with Crippen molar-refractivity contribution in [1.82, 2.24) is 4.90 Å². The van der Waals surface area contributed by atoms with Crippen LogP contribution in [-0.2, 0) is 9.53 Å². The minimum absolute atomic E-state index is 0.0879. The van der Waals surface area contributed by atoms with Crippen molar-refractivity contribution in [3.63, 3.8) is 0 Å². The van der Waals surface area contributed by atoms with E-state index in [4.69, 9.17) is 4.74 Å². The van der Waals surface area contributed by atoms with E-state index in [-0.39, 0.29) is 29.9 Å². The predicted octanol–water partition coefficient (Wildman–Crippen LogP) is 2.25. The summed E-state index contributed by atoms with van der Waals surface area (Å²) in [5.74, 6) is 0.362. The normalized spacial score (nSPS) is 27.2. The molecule has 1 N–H and O–H groups in total. The van der Waals surface area contributed by atoms with Crippen LogP contribution in [0.25, 0.3) is 0 Å². The smallest absolute Gasteiger partial charge is 0.256 e. The van der Waals surface area contributed by atoms with Gasteiger partial charge in [0, 0.05) is 44.2 Å². The highest BCUT2D eigenvalue weighted by Gasteiger charge is 2.40. The van der Waals surface area contributed by atoms with Gasteiger partial charge in [-0.05, 0) is 43.9 Å². The molecule has 0 radical (unpaired) electrons. The highest BCUT2D eigenvalue weighted by atomic mass is 16.5. The van der Waals surface area contributed by atoms with Gasteiger partial charge in [-0.3, -0.25) is 9.59 Å². The van der Waals surface area contributed by atoms with E-state index in [1.807, 2.05) is 23.1 Å². The average Bonchev–Trinajstić information content (AvgIpc) is 3.35. The average molecular weight is 355 g/mol. The maximum Gasteiger partial charge on any atom is 0.256 e. The molecule has 2 amide bonds. The van der Waals surface area contributed by atoms with E-state index in [1.165, 1.54) is 0 Å². The minimum Gasteiger partial charge on any atom is -0.371 e. The third kappa shape index (κ3) is 2.96. The van der Waals surface area contributed by atoms with Gasteiger partial charge in [0.05, 0.1) is 23.5 Å². The van der Waals surface area contributed by atoms with Crippen LogP contribution in [0.5, 0.6) is 0 Å². The standard InChI is InChI=1S/C20H25N3O3/c24-19(13-3-4-13)21-14-5-6-17(18(9-14)22-7-1-2-8-22)20(25)23-11-15-10-16(12-23)26-15/h5-6,9,13,15-16H,1-4,7-8,10-12H2,(H,21,24). The van der Waals surface area contributed by atoms with Crippen LogP contribution in [0.4, 0.5) is 11.4 Å². The van der Waals surface area contributed by atoms with Gasteiger partial charge in [-0.15, -0.1) is 0 Å². The summed E-state index contributed by atoms with van der Waals surface area (Å²) in [6.07, 6.45) is 5.77. The van der Waals surface area contributed by atoms with Crippen molar-refractivity contribution in [3.8, 4) is 0 Å². The number of carbonyl (C=O) groups is 2. The molecule has 1 aromatic carbocycles. The van der Waals surface area contributed by atoms with Crippen LogP contribution in [0.2, 0.25) is 0 Å². The second-order valence-corrected chi connectivity index (χ2v) is 8.02. The molecule has 2 atom stereocenters. The first kappa shape index (κ1) is 16.1. The molecule has 6 rings (SSSR count). The van der Waals surface area contributed by atoms with Gasteiger partial charge in [-0.2, -0.15) is 0 Å². The number of benzene rings is 1. The Kier molecular flexibility index (Phi) is 3.89. The van der Waals surface area contributed by atoms with Crippen LogP contribution < -0.4 is 10.2 Å². The van der Waals surface area contributed by atoms with Crippen LogP contribution in [-0.4, -0.2) is 55.1 Å². The Labute approximate surface area is 153 Å². The van der Waals surface area contributed by atoms with Gasteiger partial charge < -0.3 is 19.9 Å². The lowest BCUT2D eigenvalue weighted by Gasteiger charge is -2.47. The van der Waals surface area contributed by atoms with Crippen molar-refractivity contribution in [2.45, 2.75) is 44.3 Å². The molecule has 1 saturated carbocycles. The lowest BCUT2D eigenvalue weighted by molar-refractivity contribution is -0.171. The molecule has 4 aliphatic heterocycles. The van der Waals surface area contributed by atoms with Gasteiger partial charge in [0.25, 0.3) is 5.91 Å². The predicted molar refractivity (Wildman–Crippen MR) is 98.4 cm³/mol. The third-order valence-corrected chi connectivity index (χ3v) is 5.94. The molecule has 2 unspecified atom stereocenters. The van der Waals surface area contributed by atoms with Crippen LogP contribution in [0.1, 0.15) is 42.5 Å². The molecule has 6 nitrogen and oxygen atoms in total. The number of amides is 2. The fourth-order valence-electron chi connectivity index (χ4n) is 4.29. The monoisotopic (exact) mass is 355 g/mol. The van der Waals surface area contributed by atoms with E-state index in [0.717, 1.165) is 62.1 Å². The highest BCUT2D eigenvalue weighted by Crippen LogP contribution is 2.34. The van der Waals surface area contributed by atoms with Gasteiger partial charge in [0.15, 0.2) is 0 Å². The molecule has 0 aromatic heterocycles. The molecular weight excluding hydrogens is 330 g/mol. The fourth-order valence-corrected chi connectivity index (χ4v) is 4.29. The fraction of sp³-hybridized carbons (Fsp3) is 0.600. The largest absolute Gasteiger partial charge is 0.371 e. The Hall–Kier alpha value is -2.08. The number of rotatable bonds is 4. The first-order valence-electron chi connectivity index (χ1n) is 9.82. The maximum absolute atomic E-state index is 13.2. The van der Waals surface area contributed by atoms with Gasteiger partial charge in [-0.25, -0.2) is 0 Å². The van der Waals surface area contributed by atoms with E-state index in [2.05, 4.69) is 10.2 Å². The molecule has 6 heteroatoms. The first-order valence-corrected chi connectivity index (χ1v) is 9.82. The number of nitrogens with zero attached hydrogens (tertiary/aromatic N) is 2. The summed E-state index contributed by atoms with van der Waals surface area (Å²) in [5.41, 5.74) is 2.50. The molecule has 2 bridgehead atoms. The number of nitrogens with one attached hydrogen (secondary N) is 1. The van der Waals surface area contributed by atoms with E-state index in [0.29, 0.717) is 13.1 Å². The summed E-state index contributed by atoms with van der Waals surface area (Å²) in [6.45, 7) is 3.31. The van der Waals surface area contributed by atoms with Crippen molar-refractivity contribution in [2.75, 3.05) is 36.4 Å². The quantitative estimate of drug-likeness (QED) is 0.900. The van der Waals surface area contributed by atoms with Crippen LogP contribution in [0.3, 0.4) is 0 Å². The Balaban J connectivity index is 1.41. The maximum atomic E-state index is 13.2. The Morgan fingerprint density at radius 3 is 2.42 bits per heavy atom. The number of fused-ring (bicyclic) bond motifs is 2. The minimum atomic E-state index is 0.0879. The van der Waals surface area contributed by atoms with Gasteiger partial charge in [0.2, 0.25) is 5.91 Å². The summed E-state index contributed by atoms with van der Waals surface area (Å²) in [4.78, 5) is 29.5. The van der Waals surface area contributed by atoms with E-state index < -0.39 is 0 Å². The number of piperidine rings is 1. The van der Waals surface area contributed by atoms with Crippen molar-refractivity contribution < 1.29 is 14.3 Å². The number of anilines is 2. The summed E-state index contributed by atoms with van der Waals surface area (Å²) in [7, 11) is 0. The van der Waals surface area contributed by atoms with E-state index in [1.54, 1.807) is 0 Å². The lowest BCUT2D eigenvalue weighted by atomic mass is 9.97. The van der Waals surface area contributed by atoms with Crippen molar-refractivity contribution in [3.05, 3.63) is 23.8 Å². The second-order valence-electron chi connectivity index (χ2n) is 8.02. The number of ether oxygens (including phenoxy) is 1. The molecule has 4 heterocycles. The molecule has 5 fully saturated rings. The molecule has 0 spiro atoms. The topological polar surface area (TPSA) is 61.9 Å². The third-order valence-electron chi connectivity index (χ3n) is 5.94. The van der Waals surface area contributed by atoms with Crippen molar-refractivity contribution in [1.29, 1.82) is 0 Å². The van der Waals surface area contributed by atoms with Gasteiger partial charge in [0.1, 0.15) is 0 Å². The molecule has 1 aliphatic carbocycles. The van der Waals surface area contributed by atoms with Gasteiger partial charge >= 0.3 is 0 Å². The summed E-state index contributed by atoms with van der Waals surface area (Å²) in [5, 5.41) is 3.02. The summed E-state index contributed by atoms with van der Waals surface area (Å²) >= 11 is 0. The number of hydrogen-bond acceptors (Lipinski definition) is 4. The molecule has 26 heavy (non-hydrogen) atoms. The Morgan fingerprint density at radius 1 is 1.08 bits per heavy atom. The molecule has 5 aliphatic rings. The second kappa shape index (κ2) is 6.27. The van der Waals surface area contributed by atoms with Crippen LogP contribution in [0, 0.1) is 5.92 Å². The zero-order valence-corrected chi connectivity index (χ0v) is 14.9. The molecule has 4 saturated heterocycles. The zero-order valence-electron chi connectivity index (χ0n) is 14.9. The SMILES string of the molecule is O=C(Nc1ccc(C(=O)N2CC3CC(C2)O3)c(N2CCCC2)c1)C1CC1. The lowest BCUT2D eigenvalue weighted by Crippen LogP contribution is -2.58. The summed E-state index contributed by atoms with van der Waals surface area (Å²) < 4.78 is 5.66. The zero-order chi connectivity index (χ0) is 17.7. The van der Waals surface area contributed by atoms with Crippen LogP contribution in [0.15, 0.2) is 18.2 Å². The summed E-state index contributed by atoms with van der Waals surface area (Å²) in [6, 6.07) is 5.74. The van der Waals surface area contributed by atoms with Crippen molar-refractivity contribution in [2.24, 2.45) is 5.92 Å². The Bertz CT molecular complexity index is 724. The van der Waals surface area contributed by atoms with Crippen LogP contribution >= 0.6 is 0 Å². The number of morpholine rings is 1. The highest BCUT2D eigenvalue weighted by molar-refractivity contribution is 6.02. The van der Waals surface area contributed by atoms with E-state index in [9.17, 15) is 9.59 Å².